The lowest BCUT2D eigenvalue weighted by Crippen LogP contribution is -2.43. The van der Waals surface area contributed by atoms with Gasteiger partial charge in [0, 0.05) is 58.2 Å². The smallest absolute Gasteiger partial charge is 0.384 e. The van der Waals surface area contributed by atoms with Crippen molar-refractivity contribution in [2.75, 3.05) is 70.2 Å². The summed E-state index contributed by atoms with van der Waals surface area (Å²) in [7, 11) is 2.11. The van der Waals surface area contributed by atoms with Crippen molar-refractivity contribution < 1.29 is 26.3 Å². The predicted octanol–water partition coefficient (Wildman–Crippen LogP) is 1.31. The highest BCUT2D eigenvalue weighted by Gasteiger charge is 2.35. The summed E-state index contributed by atoms with van der Waals surface area (Å²) < 4.78 is 65.1. The molecule has 3 aromatic heterocycles. The van der Waals surface area contributed by atoms with Crippen molar-refractivity contribution >= 4 is 28.7 Å². The maximum atomic E-state index is 13.8. The Morgan fingerprint density at radius 1 is 1.08 bits per heavy atom. The molecule has 11 nitrogen and oxygen atoms in total. The molecule has 2 aliphatic rings. The van der Waals surface area contributed by atoms with Gasteiger partial charge >= 0.3 is 17.7 Å². The van der Waals surface area contributed by atoms with Crippen LogP contribution in [0.1, 0.15) is 11.1 Å². The maximum absolute atomic E-state index is 13.8. The average molecular weight is 541 g/mol. The molecule has 2 aliphatic heterocycles. The van der Waals surface area contributed by atoms with Gasteiger partial charge in [-0.3, -0.25) is 4.90 Å². The lowest BCUT2D eigenvalue weighted by Gasteiger charge is -2.32. The number of piperazine rings is 1. The molecule has 0 aromatic carbocycles. The Morgan fingerprint density at radius 3 is 2.41 bits per heavy atom. The Labute approximate surface area is 214 Å². The van der Waals surface area contributed by atoms with Crippen LogP contribution in [0.15, 0.2) is 24.5 Å². The van der Waals surface area contributed by atoms with Gasteiger partial charge in [-0.15, -0.1) is 5.10 Å². The van der Waals surface area contributed by atoms with Gasteiger partial charge in [-0.25, -0.2) is 14.5 Å². The van der Waals surface area contributed by atoms with Gasteiger partial charge in [0.05, 0.1) is 24.3 Å². The van der Waals surface area contributed by atoms with E-state index in [1.165, 1.54) is 0 Å². The summed E-state index contributed by atoms with van der Waals surface area (Å²) in [6.45, 7) is 6.90. The molecule has 2 fully saturated rings. The van der Waals surface area contributed by atoms with Gasteiger partial charge in [0.25, 0.3) is 0 Å². The van der Waals surface area contributed by atoms with Crippen molar-refractivity contribution in [3.05, 3.63) is 35.7 Å². The van der Waals surface area contributed by atoms with Crippen LogP contribution in [-0.2, 0) is 29.0 Å². The van der Waals surface area contributed by atoms with Gasteiger partial charge in [0.15, 0.2) is 11.6 Å². The lowest BCUT2D eigenvalue weighted by molar-refractivity contribution is -0.137. The monoisotopic (exact) mass is 540 g/mol. The minimum Gasteiger partial charge on any atom is -0.384 e. The zero-order valence-electron chi connectivity index (χ0n) is 20.1. The molecule has 2 saturated heterocycles. The van der Waals surface area contributed by atoms with Gasteiger partial charge in [-0.05, 0) is 24.7 Å². The number of nitrogens with zero attached hydrogens (tertiary/aromatic N) is 7. The minimum atomic E-state index is -4.62. The van der Waals surface area contributed by atoms with Crippen molar-refractivity contribution in [2.24, 2.45) is 0 Å². The first-order valence-electron chi connectivity index (χ1n) is 11.6. The van der Waals surface area contributed by atoms with Crippen LogP contribution >= 0.6 is 0 Å². The maximum Gasteiger partial charge on any atom is 0.417 e. The van der Waals surface area contributed by atoms with Crippen LogP contribution in [0.25, 0.3) is 16.9 Å². The molecule has 5 rings (SSSR count). The number of fused-ring (bicyclic) bond motifs is 1. The molecule has 0 atom stereocenters. The van der Waals surface area contributed by atoms with Crippen LogP contribution in [0.2, 0.25) is 0 Å². The fraction of sp³-hybridized carbons (Fsp3) is 0.500. The topological polar surface area (TPSA) is 122 Å². The molecular weight excluding hydrogens is 513 g/mol. The number of alkyl halides is 3. The second kappa shape index (κ2) is 11.5. The van der Waals surface area contributed by atoms with Crippen molar-refractivity contribution in [1.29, 1.82) is 0 Å². The first-order valence-corrected chi connectivity index (χ1v) is 12.2. The molecule has 37 heavy (non-hydrogen) atoms. The number of nitrogens with two attached hydrogens (primary N) is 1. The normalized spacial score (nSPS) is 17.5. The van der Waals surface area contributed by atoms with Crippen molar-refractivity contribution in [1.82, 2.24) is 29.4 Å². The average Bonchev–Trinajstić information content (AvgIpc) is 3.27. The summed E-state index contributed by atoms with van der Waals surface area (Å²) in [5.41, 5.74) is 6.24. The molecule has 0 aliphatic carbocycles. The van der Waals surface area contributed by atoms with Crippen LogP contribution in [-0.4, -0.2) is 97.3 Å². The summed E-state index contributed by atoms with van der Waals surface area (Å²) in [5.74, 6) is 0.333. The third kappa shape index (κ3) is 6.41. The van der Waals surface area contributed by atoms with E-state index in [0.717, 1.165) is 56.1 Å². The zero-order chi connectivity index (χ0) is 26.6. The number of hydrogen-bond donors (Lipinski definition) is 1. The summed E-state index contributed by atoms with van der Waals surface area (Å²) in [6.07, 6.45) is -1.65. The second-order valence-electron chi connectivity index (χ2n) is 8.84. The molecule has 0 bridgehead atoms. The number of hydrogen-bond acceptors (Lipinski definition) is 10. The quantitative estimate of drug-likeness (QED) is 0.518. The second-order valence-corrected chi connectivity index (χ2v) is 8.97. The van der Waals surface area contributed by atoms with Crippen LogP contribution in [0.4, 0.5) is 24.8 Å². The molecule has 0 amide bonds. The number of ether oxygens (including phenoxy) is 1. The number of morpholine rings is 1. The number of aromatic nitrogens is 4. The number of rotatable bonds is 4. The van der Waals surface area contributed by atoms with Crippen LogP contribution in [0.5, 0.6) is 0 Å². The van der Waals surface area contributed by atoms with Gasteiger partial charge in [-0.2, -0.15) is 21.6 Å². The van der Waals surface area contributed by atoms with Gasteiger partial charge < -0.3 is 20.3 Å². The first kappa shape index (κ1) is 26.9. The third-order valence-corrected chi connectivity index (χ3v) is 6.28. The molecular formula is C22H27F3N8O3S. The van der Waals surface area contributed by atoms with Gasteiger partial charge in [0.1, 0.15) is 11.3 Å². The number of pyridine rings is 1. The molecule has 5 heterocycles. The van der Waals surface area contributed by atoms with E-state index in [1.54, 1.807) is 4.52 Å². The van der Waals surface area contributed by atoms with E-state index in [4.69, 9.17) is 18.9 Å². The van der Waals surface area contributed by atoms with E-state index in [0.29, 0.717) is 32.1 Å². The van der Waals surface area contributed by atoms with Crippen molar-refractivity contribution in [3.63, 3.8) is 0 Å². The fourth-order valence-corrected chi connectivity index (χ4v) is 4.39. The SMILES string of the molecule is CN1CCN(Cc2cc3c(N4CCOCC4)nc(-c4cnc(N)cc4C(F)(F)F)nn3c2)CC1.O=S=O. The molecule has 0 unspecified atom stereocenters. The Balaban J connectivity index is 0.00000102. The summed E-state index contributed by atoms with van der Waals surface area (Å²) in [6, 6.07) is 2.85. The van der Waals surface area contributed by atoms with Crippen molar-refractivity contribution in [3.8, 4) is 11.4 Å². The molecule has 0 spiro atoms. The van der Waals surface area contributed by atoms with Crippen LogP contribution in [0, 0.1) is 0 Å². The minimum absolute atomic E-state index is 0.0458. The van der Waals surface area contributed by atoms with E-state index in [1.807, 2.05) is 17.2 Å². The Hall–Kier alpha value is -3.14. The largest absolute Gasteiger partial charge is 0.417 e. The van der Waals surface area contributed by atoms with Crippen LogP contribution in [0.3, 0.4) is 0 Å². The van der Waals surface area contributed by atoms with E-state index in [9.17, 15) is 13.2 Å². The van der Waals surface area contributed by atoms with Crippen LogP contribution < -0.4 is 10.6 Å². The molecule has 3 aromatic rings. The molecule has 0 saturated carbocycles. The van der Waals surface area contributed by atoms with E-state index in [2.05, 4.69) is 31.9 Å². The summed E-state index contributed by atoms with van der Waals surface area (Å²) in [5, 5.41) is 4.47. The van der Waals surface area contributed by atoms with E-state index in [-0.39, 0.29) is 17.2 Å². The first-order chi connectivity index (χ1) is 17.7. The Morgan fingerprint density at radius 2 is 1.76 bits per heavy atom. The lowest BCUT2D eigenvalue weighted by atomic mass is 10.1. The van der Waals surface area contributed by atoms with E-state index >= 15 is 0 Å². The highest BCUT2D eigenvalue weighted by atomic mass is 32.1. The number of anilines is 2. The Kier molecular flexibility index (Phi) is 8.36. The molecule has 2 N–H and O–H groups in total. The summed E-state index contributed by atoms with van der Waals surface area (Å²) in [4.78, 5) is 15.2. The van der Waals surface area contributed by atoms with Gasteiger partial charge in [-0.1, -0.05) is 0 Å². The number of likely N-dealkylation sites (N-methyl/N-ethyl adjacent to an activating group) is 1. The molecule has 15 heteroatoms. The highest BCUT2D eigenvalue weighted by Crippen LogP contribution is 2.37. The Bertz CT molecular complexity index is 1270. The molecule has 0 radical (unpaired) electrons. The standard InChI is InChI=1S/C22H27F3N8O.O2S/c1-30-2-4-31(5-3-30)13-15-10-18-21(32-6-8-34-9-7-32)28-20(29-33(18)14-15)16-12-27-19(26)11-17(16)22(23,24)25;1-3-2/h10-12,14H,2-9,13H2,1H3,(H2,26,27);. The summed E-state index contributed by atoms with van der Waals surface area (Å²) >= 11 is -0.750. The number of nitrogen functional groups attached to an aromatic ring is 1. The zero-order valence-corrected chi connectivity index (χ0v) is 21.0. The highest BCUT2D eigenvalue weighted by molar-refractivity contribution is 7.51. The number of halogens is 3. The third-order valence-electron chi connectivity index (χ3n) is 6.28. The van der Waals surface area contributed by atoms with Gasteiger partial charge in [0.2, 0.25) is 0 Å². The predicted molar refractivity (Wildman–Crippen MR) is 130 cm³/mol. The van der Waals surface area contributed by atoms with Crippen molar-refractivity contribution in [2.45, 2.75) is 12.7 Å². The molecule has 200 valence electrons. The fourth-order valence-electron chi connectivity index (χ4n) is 4.39. The van der Waals surface area contributed by atoms with E-state index < -0.39 is 23.3 Å².